The molecule has 3 heterocycles. The third kappa shape index (κ3) is 3.75. The monoisotopic (exact) mass is 562 g/mol. The second kappa shape index (κ2) is 9.71. The molecule has 3 aromatic heterocycles. The summed E-state index contributed by atoms with van der Waals surface area (Å²) in [6.07, 6.45) is 10.6. The highest BCUT2D eigenvalue weighted by atomic mass is 14.9. The van der Waals surface area contributed by atoms with Crippen molar-refractivity contribution in [3.8, 4) is 33.6 Å². The van der Waals surface area contributed by atoms with Gasteiger partial charge < -0.3 is 0 Å². The van der Waals surface area contributed by atoms with Gasteiger partial charge in [-0.05, 0) is 50.0 Å². The van der Waals surface area contributed by atoms with E-state index < -0.39 is 0 Å². The third-order valence-corrected chi connectivity index (χ3v) is 8.33. The molecule has 0 fully saturated rings. The number of fused-ring (bicyclic) bond motifs is 6. The van der Waals surface area contributed by atoms with Gasteiger partial charge in [-0.3, -0.25) is 19.9 Å². The molecule has 9 rings (SSSR count). The quantitative estimate of drug-likeness (QED) is 0.158. The highest BCUT2D eigenvalue weighted by Gasteiger charge is 2.21. The molecular weight excluding hydrogens is 540 g/mol. The Kier molecular flexibility index (Phi) is 5.40. The lowest BCUT2D eigenvalue weighted by Crippen LogP contribution is -1.98. The van der Waals surface area contributed by atoms with Gasteiger partial charge in [0.15, 0.2) is 5.82 Å². The average Bonchev–Trinajstić information content (AvgIpc) is 3.10. The molecule has 6 aromatic carbocycles. The molecular formula is C38H22N6. The van der Waals surface area contributed by atoms with E-state index in [4.69, 9.17) is 29.9 Å². The fraction of sp³-hybridized carbons (Fsp3) is 0. The van der Waals surface area contributed by atoms with E-state index in [1.165, 1.54) is 26.9 Å². The molecule has 0 unspecified atom stereocenters. The molecule has 0 N–H and O–H groups in total. The van der Waals surface area contributed by atoms with Crippen LogP contribution in [0.1, 0.15) is 0 Å². The second-order valence-electron chi connectivity index (χ2n) is 10.8. The second-order valence-corrected chi connectivity index (χ2v) is 10.8. The lowest BCUT2D eigenvalue weighted by molar-refractivity contribution is 1.18. The predicted molar refractivity (Wildman–Crippen MR) is 177 cm³/mol. The van der Waals surface area contributed by atoms with Gasteiger partial charge in [-0.15, -0.1) is 0 Å². The SMILES string of the molecule is c1ccc(-c2c3nccnc3c(-c3cnc(-c4cccc5c4ccc4cc6ccccc6cc45)nc3)c3nccnc23)cc1. The van der Waals surface area contributed by atoms with E-state index >= 15 is 0 Å². The molecule has 0 atom stereocenters. The van der Waals surface area contributed by atoms with Crippen molar-refractivity contribution in [1.82, 2.24) is 29.9 Å². The summed E-state index contributed by atoms with van der Waals surface area (Å²) in [7, 11) is 0. The van der Waals surface area contributed by atoms with Gasteiger partial charge in [0.2, 0.25) is 0 Å². The first-order valence-corrected chi connectivity index (χ1v) is 14.4. The van der Waals surface area contributed by atoms with Crippen LogP contribution in [0.3, 0.4) is 0 Å². The summed E-state index contributed by atoms with van der Waals surface area (Å²) in [5.74, 6) is 0.658. The Bertz CT molecular complexity index is 2490. The Morgan fingerprint density at radius 1 is 0.364 bits per heavy atom. The summed E-state index contributed by atoms with van der Waals surface area (Å²) >= 11 is 0. The number of nitrogens with zero attached hydrogens (tertiary/aromatic N) is 6. The minimum Gasteiger partial charge on any atom is -0.252 e. The van der Waals surface area contributed by atoms with Crippen LogP contribution in [0.4, 0.5) is 0 Å². The number of benzene rings is 6. The third-order valence-electron chi connectivity index (χ3n) is 8.33. The summed E-state index contributed by atoms with van der Waals surface area (Å²) in [6, 6.07) is 33.9. The molecule has 9 aromatic rings. The van der Waals surface area contributed by atoms with E-state index in [9.17, 15) is 0 Å². The zero-order valence-corrected chi connectivity index (χ0v) is 23.4. The summed E-state index contributed by atoms with van der Waals surface area (Å²) in [5, 5.41) is 7.18. The molecule has 0 aliphatic heterocycles. The number of rotatable bonds is 3. The fourth-order valence-corrected chi connectivity index (χ4v) is 6.36. The van der Waals surface area contributed by atoms with Crippen LogP contribution in [-0.4, -0.2) is 29.9 Å². The normalized spacial score (nSPS) is 11.6. The van der Waals surface area contributed by atoms with Gasteiger partial charge in [-0.2, -0.15) is 0 Å². The number of hydrogen-bond donors (Lipinski definition) is 0. The van der Waals surface area contributed by atoms with Crippen molar-refractivity contribution in [3.05, 3.63) is 134 Å². The highest BCUT2D eigenvalue weighted by Crippen LogP contribution is 2.40. The van der Waals surface area contributed by atoms with Crippen LogP contribution >= 0.6 is 0 Å². The molecule has 0 aliphatic rings. The molecule has 204 valence electrons. The van der Waals surface area contributed by atoms with Crippen LogP contribution in [0, 0.1) is 0 Å². The first-order valence-electron chi connectivity index (χ1n) is 14.4. The largest absolute Gasteiger partial charge is 0.252 e. The van der Waals surface area contributed by atoms with Gasteiger partial charge in [0.05, 0.1) is 22.1 Å². The first kappa shape index (κ1) is 24.5. The predicted octanol–water partition coefficient (Wildman–Crippen LogP) is 8.82. The van der Waals surface area contributed by atoms with Crippen LogP contribution in [0.25, 0.3) is 88.0 Å². The highest BCUT2D eigenvalue weighted by molar-refractivity contribution is 6.17. The minimum absolute atomic E-state index is 0.658. The Labute approximate surface area is 251 Å². The molecule has 0 amide bonds. The van der Waals surface area contributed by atoms with Crippen LogP contribution < -0.4 is 0 Å². The lowest BCUT2D eigenvalue weighted by atomic mass is 9.95. The van der Waals surface area contributed by atoms with Gasteiger partial charge in [-0.25, -0.2) is 9.97 Å². The molecule has 0 aliphatic carbocycles. The van der Waals surface area contributed by atoms with Crippen molar-refractivity contribution >= 4 is 54.4 Å². The minimum atomic E-state index is 0.658. The van der Waals surface area contributed by atoms with Gasteiger partial charge in [-0.1, -0.05) is 84.9 Å². The topological polar surface area (TPSA) is 77.3 Å². The van der Waals surface area contributed by atoms with E-state index in [0.717, 1.165) is 55.3 Å². The fourth-order valence-electron chi connectivity index (χ4n) is 6.36. The van der Waals surface area contributed by atoms with Gasteiger partial charge in [0.1, 0.15) is 0 Å². The van der Waals surface area contributed by atoms with E-state index in [-0.39, 0.29) is 0 Å². The molecule has 0 spiro atoms. The molecule has 0 saturated heterocycles. The maximum absolute atomic E-state index is 4.89. The van der Waals surface area contributed by atoms with Crippen LogP contribution in [-0.2, 0) is 0 Å². The van der Waals surface area contributed by atoms with Crippen molar-refractivity contribution in [2.45, 2.75) is 0 Å². The van der Waals surface area contributed by atoms with Crippen LogP contribution in [0.15, 0.2) is 134 Å². The molecule has 0 radical (unpaired) electrons. The zero-order chi connectivity index (χ0) is 29.0. The lowest BCUT2D eigenvalue weighted by Gasteiger charge is -2.14. The summed E-state index contributed by atoms with van der Waals surface area (Å²) in [4.78, 5) is 28.9. The van der Waals surface area contributed by atoms with Gasteiger partial charge in [0.25, 0.3) is 0 Å². The maximum Gasteiger partial charge on any atom is 0.159 e. The van der Waals surface area contributed by atoms with Crippen LogP contribution in [0.5, 0.6) is 0 Å². The zero-order valence-electron chi connectivity index (χ0n) is 23.4. The molecule has 0 bridgehead atoms. The Morgan fingerprint density at radius 2 is 0.955 bits per heavy atom. The van der Waals surface area contributed by atoms with E-state index in [2.05, 4.69) is 78.9 Å². The summed E-state index contributed by atoms with van der Waals surface area (Å²) in [6.45, 7) is 0. The average molecular weight is 563 g/mol. The van der Waals surface area contributed by atoms with Crippen molar-refractivity contribution < 1.29 is 0 Å². The first-order chi connectivity index (χ1) is 21.8. The molecule has 44 heavy (non-hydrogen) atoms. The Hall–Kier alpha value is -6.14. The van der Waals surface area contributed by atoms with Gasteiger partial charge >= 0.3 is 0 Å². The molecule has 6 nitrogen and oxygen atoms in total. The summed E-state index contributed by atoms with van der Waals surface area (Å²) < 4.78 is 0. The van der Waals surface area contributed by atoms with Crippen molar-refractivity contribution in [1.29, 1.82) is 0 Å². The Balaban J connectivity index is 1.23. The van der Waals surface area contributed by atoms with Crippen LogP contribution in [0.2, 0.25) is 0 Å². The number of aromatic nitrogens is 6. The molecule has 6 heteroatoms. The Morgan fingerprint density at radius 3 is 1.61 bits per heavy atom. The van der Waals surface area contributed by atoms with Crippen molar-refractivity contribution in [3.63, 3.8) is 0 Å². The maximum atomic E-state index is 4.89. The van der Waals surface area contributed by atoms with Gasteiger partial charge in [0, 0.05) is 59.4 Å². The van der Waals surface area contributed by atoms with E-state index in [0.29, 0.717) is 5.82 Å². The standard InChI is InChI=1S/C38H22N6/c1-2-7-23(8-3-1)32-34-36(41-17-15-39-34)33(37-35(32)40-16-18-42-37)27-21-43-38(44-22-27)30-12-6-11-28-29(30)14-13-26-19-24-9-4-5-10-25(24)20-31(26)28/h1-22H. The smallest absolute Gasteiger partial charge is 0.159 e. The molecule has 0 saturated carbocycles. The van der Waals surface area contributed by atoms with Crippen molar-refractivity contribution in [2.24, 2.45) is 0 Å². The van der Waals surface area contributed by atoms with E-state index in [1.807, 2.05) is 30.6 Å². The summed E-state index contributed by atoms with van der Waals surface area (Å²) in [5.41, 5.74) is 7.53. The number of hydrogen-bond acceptors (Lipinski definition) is 6. The van der Waals surface area contributed by atoms with Crippen molar-refractivity contribution in [2.75, 3.05) is 0 Å². The van der Waals surface area contributed by atoms with E-state index in [1.54, 1.807) is 24.8 Å².